The summed E-state index contributed by atoms with van der Waals surface area (Å²) in [5, 5.41) is 0. The van der Waals surface area contributed by atoms with Gasteiger partial charge in [-0.2, -0.15) is 0 Å². The van der Waals surface area contributed by atoms with E-state index in [0.29, 0.717) is 11.7 Å². The summed E-state index contributed by atoms with van der Waals surface area (Å²) in [6.07, 6.45) is 5.34. The molecule has 0 aromatic carbocycles. The van der Waals surface area contributed by atoms with Crippen LogP contribution in [0.2, 0.25) is 0 Å². The average Bonchev–Trinajstić information content (AvgIpc) is 2.45. The molecule has 2 N–H and O–H groups in total. The summed E-state index contributed by atoms with van der Waals surface area (Å²) in [6.45, 7) is 8.08. The third-order valence-electron chi connectivity index (χ3n) is 4.84. The van der Waals surface area contributed by atoms with Gasteiger partial charge in [-0.15, -0.1) is 0 Å². The van der Waals surface area contributed by atoms with Gasteiger partial charge in [0.2, 0.25) is 0 Å². The number of nitrogen functional groups attached to an aromatic ring is 1. The van der Waals surface area contributed by atoms with E-state index in [2.05, 4.69) is 9.97 Å². The first kappa shape index (κ1) is 13.8. The van der Waals surface area contributed by atoms with Crippen LogP contribution in [-0.2, 0) is 9.31 Å². The van der Waals surface area contributed by atoms with Crippen LogP contribution in [0, 0.1) is 0 Å². The smallest absolute Gasteiger partial charge is 0.399 e. The van der Waals surface area contributed by atoms with Crippen molar-refractivity contribution < 1.29 is 9.31 Å². The summed E-state index contributed by atoms with van der Waals surface area (Å²) in [6, 6.07) is 0. The van der Waals surface area contributed by atoms with Crippen molar-refractivity contribution in [2.45, 2.75) is 64.1 Å². The molecule has 5 nitrogen and oxygen atoms in total. The van der Waals surface area contributed by atoms with Crippen LogP contribution in [0.25, 0.3) is 0 Å². The molecule has 108 valence electrons. The standard InChI is InChI=1S/C14H22BN3O2/c1-13(2)14(3,4)20-15(19-13)10-8-17-12(18-11(10)16)9-6-5-7-9/h8-9H,5-7H2,1-4H3,(H2,16,17,18). The lowest BCUT2D eigenvalue weighted by atomic mass is 9.79. The van der Waals surface area contributed by atoms with Crippen LogP contribution in [0.15, 0.2) is 6.20 Å². The minimum Gasteiger partial charge on any atom is -0.399 e. The molecule has 0 unspecified atom stereocenters. The van der Waals surface area contributed by atoms with E-state index in [9.17, 15) is 0 Å². The molecule has 1 aliphatic carbocycles. The van der Waals surface area contributed by atoms with Gasteiger partial charge in [0.25, 0.3) is 0 Å². The Balaban J connectivity index is 1.85. The van der Waals surface area contributed by atoms with Crippen LogP contribution in [-0.4, -0.2) is 28.3 Å². The molecule has 20 heavy (non-hydrogen) atoms. The number of anilines is 1. The second-order valence-corrected chi connectivity index (χ2v) is 6.78. The highest BCUT2D eigenvalue weighted by Gasteiger charge is 2.52. The van der Waals surface area contributed by atoms with Gasteiger partial charge in [-0.3, -0.25) is 0 Å². The van der Waals surface area contributed by atoms with Crippen molar-refractivity contribution in [2.75, 3.05) is 5.73 Å². The molecule has 3 rings (SSSR count). The van der Waals surface area contributed by atoms with Gasteiger partial charge in [-0.1, -0.05) is 6.42 Å². The molecule has 1 aromatic heterocycles. The Kier molecular flexibility index (Phi) is 3.06. The van der Waals surface area contributed by atoms with Crippen molar-refractivity contribution in [2.24, 2.45) is 0 Å². The Hall–Kier alpha value is -1.14. The van der Waals surface area contributed by atoms with Crippen molar-refractivity contribution in [1.29, 1.82) is 0 Å². The zero-order valence-electron chi connectivity index (χ0n) is 12.6. The molecule has 0 radical (unpaired) electrons. The minimum atomic E-state index is -0.490. The molecule has 0 bridgehead atoms. The fourth-order valence-corrected chi connectivity index (χ4v) is 2.43. The third kappa shape index (κ3) is 2.11. The van der Waals surface area contributed by atoms with Crippen LogP contribution in [0.1, 0.15) is 58.7 Å². The molecule has 0 spiro atoms. The van der Waals surface area contributed by atoms with E-state index >= 15 is 0 Å². The summed E-state index contributed by atoms with van der Waals surface area (Å²) < 4.78 is 12.0. The van der Waals surface area contributed by atoms with E-state index in [1.807, 2.05) is 27.7 Å². The molecule has 1 saturated heterocycles. The summed E-state index contributed by atoms with van der Waals surface area (Å²) >= 11 is 0. The largest absolute Gasteiger partial charge is 0.500 e. The van der Waals surface area contributed by atoms with E-state index in [4.69, 9.17) is 15.0 Å². The lowest BCUT2D eigenvalue weighted by molar-refractivity contribution is 0.00578. The van der Waals surface area contributed by atoms with E-state index in [1.54, 1.807) is 6.20 Å². The molecule has 1 aromatic rings. The molecule has 1 aliphatic heterocycles. The van der Waals surface area contributed by atoms with Gasteiger partial charge in [-0.05, 0) is 40.5 Å². The molecule has 6 heteroatoms. The summed E-state index contributed by atoms with van der Waals surface area (Å²) in [5.41, 5.74) is 6.06. The van der Waals surface area contributed by atoms with Gasteiger partial charge in [-0.25, -0.2) is 9.97 Å². The van der Waals surface area contributed by atoms with Crippen LogP contribution in [0.4, 0.5) is 5.82 Å². The zero-order chi connectivity index (χ0) is 14.5. The van der Waals surface area contributed by atoms with Crippen LogP contribution in [0.5, 0.6) is 0 Å². The molecule has 0 atom stereocenters. The third-order valence-corrected chi connectivity index (χ3v) is 4.84. The maximum absolute atomic E-state index is 6.08. The predicted octanol–water partition coefficient (Wildman–Crippen LogP) is 1.63. The van der Waals surface area contributed by atoms with Gasteiger partial charge in [0.05, 0.1) is 11.2 Å². The topological polar surface area (TPSA) is 70.3 Å². The van der Waals surface area contributed by atoms with E-state index in [0.717, 1.165) is 24.1 Å². The van der Waals surface area contributed by atoms with Crippen LogP contribution < -0.4 is 11.2 Å². The van der Waals surface area contributed by atoms with Gasteiger partial charge < -0.3 is 15.0 Å². The first-order valence-corrected chi connectivity index (χ1v) is 7.28. The van der Waals surface area contributed by atoms with Gasteiger partial charge in [0, 0.05) is 17.6 Å². The Morgan fingerprint density at radius 1 is 1.20 bits per heavy atom. The molecule has 2 fully saturated rings. The van der Waals surface area contributed by atoms with Crippen molar-refractivity contribution >= 4 is 18.4 Å². The van der Waals surface area contributed by atoms with E-state index < -0.39 is 7.12 Å². The Morgan fingerprint density at radius 2 is 1.80 bits per heavy atom. The quantitative estimate of drug-likeness (QED) is 0.830. The second kappa shape index (κ2) is 4.43. The van der Waals surface area contributed by atoms with Crippen molar-refractivity contribution in [1.82, 2.24) is 9.97 Å². The number of aromatic nitrogens is 2. The summed E-state index contributed by atoms with van der Waals surface area (Å²) in [7, 11) is -0.490. The highest BCUT2D eigenvalue weighted by atomic mass is 16.7. The first-order valence-electron chi connectivity index (χ1n) is 7.28. The molecule has 1 saturated carbocycles. The van der Waals surface area contributed by atoms with Crippen LogP contribution in [0.3, 0.4) is 0 Å². The van der Waals surface area contributed by atoms with Crippen molar-refractivity contribution in [3.63, 3.8) is 0 Å². The van der Waals surface area contributed by atoms with E-state index in [-0.39, 0.29) is 11.2 Å². The van der Waals surface area contributed by atoms with Gasteiger partial charge >= 0.3 is 7.12 Å². The highest BCUT2D eigenvalue weighted by molar-refractivity contribution is 6.63. The Labute approximate surface area is 120 Å². The zero-order valence-corrected chi connectivity index (χ0v) is 12.6. The van der Waals surface area contributed by atoms with E-state index in [1.165, 1.54) is 6.42 Å². The predicted molar refractivity (Wildman–Crippen MR) is 78.8 cm³/mol. The maximum Gasteiger partial charge on any atom is 0.500 e. The van der Waals surface area contributed by atoms with Gasteiger partial charge in [0.1, 0.15) is 11.6 Å². The Morgan fingerprint density at radius 3 is 2.25 bits per heavy atom. The number of nitrogens with zero attached hydrogens (tertiary/aromatic N) is 2. The lowest BCUT2D eigenvalue weighted by Crippen LogP contribution is -2.41. The first-order chi connectivity index (χ1) is 9.30. The summed E-state index contributed by atoms with van der Waals surface area (Å²) in [4.78, 5) is 8.89. The highest BCUT2D eigenvalue weighted by Crippen LogP contribution is 2.37. The number of hydrogen-bond donors (Lipinski definition) is 1. The fourth-order valence-electron chi connectivity index (χ4n) is 2.43. The molecule has 0 amide bonds. The number of hydrogen-bond acceptors (Lipinski definition) is 5. The number of nitrogens with two attached hydrogens (primary N) is 1. The molecular weight excluding hydrogens is 253 g/mol. The van der Waals surface area contributed by atoms with Gasteiger partial charge in [0.15, 0.2) is 0 Å². The molecule has 2 heterocycles. The normalized spacial score (nSPS) is 24.7. The van der Waals surface area contributed by atoms with Crippen molar-refractivity contribution in [3.8, 4) is 0 Å². The van der Waals surface area contributed by atoms with Crippen molar-refractivity contribution in [3.05, 3.63) is 12.0 Å². The Bertz CT molecular complexity index is 513. The number of rotatable bonds is 2. The average molecular weight is 275 g/mol. The monoisotopic (exact) mass is 275 g/mol. The SMILES string of the molecule is CC1(C)OB(c2cnc(C3CCC3)nc2N)OC1(C)C. The maximum atomic E-state index is 6.08. The molecular formula is C14H22BN3O2. The summed E-state index contributed by atoms with van der Waals surface area (Å²) in [5.74, 6) is 1.80. The fraction of sp³-hybridized carbons (Fsp3) is 0.714. The lowest BCUT2D eigenvalue weighted by Gasteiger charge is -2.32. The molecule has 2 aliphatic rings. The minimum absolute atomic E-state index is 0.378. The van der Waals surface area contributed by atoms with Crippen LogP contribution >= 0.6 is 0 Å². The second-order valence-electron chi connectivity index (χ2n) is 6.78.